The molecule has 0 radical (unpaired) electrons. The van der Waals surface area contributed by atoms with Gasteiger partial charge in [-0.1, -0.05) is 12.1 Å². The molecule has 1 aliphatic rings. The van der Waals surface area contributed by atoms with Gasteiger partial charge in [-0.25, -0.2) is 0 Å². The van der Waals surface area contributed by atoms with E-state index in [9.17, 15) is 4.79 Å². The Morgan fingerprint density at radius 2 is 1.83 bits per heavy atom. The second-order valence-corrected chi connectivity index (χ2v) is 6.19. The maximum atomic E-state index is 12.6. The molecule has 0 amide bonds. The van der Waals surface area contributed by atoms with Gasteiger partial charge in [-0.05, 0) is 62.6 Å². The summed E-state index contributed by atoms with van der Waals surface area (Å²) in [7, 11) is 0. The summed E-state index contributed by atoms with van der Waals surface area (Å²) in [5.41, 5.74) is 2.66. The number of pyridine rings is 1. The lowest BCUT2D eigenvalue weighted by molar-refractivity contribution is 0.384. The number of rotatable bonds is 0. The third-order valence-corrected chi connectivity index (χ3v) is 3.82. The Morgan fingerprint density at radius 1 is 1.11 bits per heavy atom. The van der Waals surface area contributed by atoms with E-state index in [1.165, 1.54) is 22.9 Å². The Balaban J connectivity index is 2.46. The van der Waals surface area contributed by atoms with Crippen molar-refractivity contribution in [1.82, 2.24) is 4.57 Å². The molecule has 0 saturated carbocycles. The molecule has 94 valence electrons. The van der Waals surface area contributed by atoms with Gasteiger partial charge in [0.2, 0.25) is 0 Å². The van der Waals surface area contributed by atoms with Crippen molar-refractivity contribution in [2.45, 2.75) is 45.6 Å². The monoisotopic (exact) mass is 241 g/mol. The molecule has 2 heteroatoms. The number of hydrogen-bond acceptors (Lipinski definition) is 1. The fourth-order valence-electron chi connectivity index (χ4n) is 2.93. The number of nitrogens with zero attached hydrogens (tertiary/aromatic N) is 1. The van der Waals surface area contributed by atoms with Gasteiger partial charge in [-0.15, -0.1) is 0 Å². The number of aromatic nitrogens is 1. The molecule has 1 aromatic carbocycles. The molecule has 2 aromatic rings. The minimum atomic E-state index is -0.158. The normalized spacial score (nSPS) is 15.1. The maximum Gasteiger partial charge on any atom is 0.258 e. The molecular formula is C16H19NO. The van der Waals surface area contributed by atoms with Crippen LogP contribution in [0.2, 0.25) is 0 Å². The maximum absolute atomic E-state index is 12.6. The Hall–Kier alpha value is -1.57. The molecule has 0 atom stereocenters. The van der Waals surface area contributed by atoms with E-state index in [4.69, 9.17) is 0 Å². The highest BCUT2D eigenvalue weighted by atomic mass is 16.1. The third kappa shape index (κ3) is 1.59. The van der Waals surface area contributed by atoms with E-state index in [0.717, 1.165) is 18.2 Å². The first-order valence-corrected chi connectivity index (χ1v) is 6.65. The summed E-state index contributed by atoms with van der Waals surface area (Å²) < 4.78 is 1.89. The van der Waals surface area contributed by atoms with E-state index in [1.807, 2.05) is 16.7 Å². The van der Waals surface area contributed by atoms with Crippen molar-refractivity contribution in [3.8, 4) is 0 Å². The Labute approximate surface area is 107 Å². The van der Waals surface area contributed by atoms with Crippen molar-refractivity contribution in [1.29, 1.82) is 0 Å². The minimum Gasteiger partial charge on any atom is -0.309 e. The van der Waals surface area contributed by atoms with Crippen molar-refractivity contribution >= 4 is 10.8 Å². The van der Waals surface area contributed by atoms with Crippen LogP contribution in [0.3, 0.4) is 0 Å². The largest absolute Gasteiger partial charge is 0.309 e. The Morgan fingerprint density at radius 3 is 2.56 bits per heavy atom. The number of aryl methyl sites for hydroxylation is 2. The second kappa shape index (κ2) is 3.71. The highest BCUT2D eigenvalue weighted by Gasteiger charge is 2.20. The van der Waals surface area contributed by atoms with Crippen LogP contribution in [-0.4, -0.2) is 4.57 Å². The molecule has 0 spiro atoms. The van der Waals surface area contributed by atoms with Crippen LogP contribution in [0.15, 0.2) is 29.2 Å². The Bertz CT molecular complexity index is 674. The van der Waals surface area contributed by atoms with Crippen molar-refractivity contribution < 1.29 is 0 Å². The van der Waals surface area contributed by atoms with Crippen LogP contribution in [0.4, 0.5) is 0 Å². The smallest absolute Gasteiger partial charge is 0.258 e. The molecule has 0 N–H and O–H groups in total. The fourth-order valence-corrected chi connectivity index (χ4v) is 2.93. The van der Waals surface area contributed by atoms with E-state index in [-0.39, 0.29) is 11.1 Å². The summed E-state index contributed by atoms with van der Waals surface area (Å²) >= 11 is 0. The highest BCUT2D eigenvalue weighted by molar-refractivity contribution is 5.88. The van der Waals surface area contributed by atoms with Crippen LogP contribution < -0.4 is 5.56 Å². The predicted octanol–water partition coefficient (Wildman–Crippen LogP) is 3.25. The van der Waals surface area contributed by atoms with Gasteiger partial charge >= 0.3 is 0 Å². The van der Waals surface area contributed by atoms with Gasteiger partial charge in [0.05, 0.1) is 0 Å². The lowest BCUT2D eigenvalue weighted by Gasteiger charge is -2.26. The lowest BCUT2D eigenvalue weighted by Crippen LogP contribution is -2.34. The zero-order valence-electron chi connectivity index (χ0n) is 11.3. The number of hydrogen-bond donors (Lipinski definition) is 0. The topological polar surface area (TPSA) is 22.0 Å². The first-order valence-electron chi connectivity index (χ1n) is 6.65. The summed E-state index contributed by atoms with van der Waals surface area (Å²) in [4.78, 5) is 12.6. The molecule has 2 nitrogen and oxygen atoms in total. The highest BCUT2D eigenvalue weighted by Crippen LogP contribution is 2.28. The van der Waals surface area contributed by atoms with Gasteiger partial charge in [0.25, 0.3) is 5.56 Å². The SMILES string of the molecule is CC(C)(C)n1cc2c3c(cccc3c1=O)CCC2. The molecular weight excluding hydrogens is 222 g/mol. The molecule has 3 rings (SSSR count). The molecule has 1 aromatic heterocycles. The van der Waals surface area contributed by atoms with Crippen LogP contribution in [0.25, 0.3) is 10.8 Å². The van der Waals surface area contributed by atoms with Gasteiger partial charge < -0.3 is 4.57 Å². The lowest BCUT2D eigenvalue weighted by atomic mass is 9.89. The van der Waals surface area contributed by atoms with Crippen LogP contribution in [0.5, 0.6) is 0 Å². The van der Waals surface area contributed by atoms with Crippen molar-refractivity contribution in [3.63, 3.8) is 0 Å². The molecule has 0 fully saturated rings. The number of benzene rings is 1. The molecule has 0 aliphatic heterocycles. The first kappa shape index (κ1) is 11.5. The summed E-state index contributed by atoms with van der Waals surface area (Å²) in [5, 5.41) is 2.11. The zero-order valence-corrected chi connectivity index (χ0v) is 11.3. The van der Waals surface area contributed by atoms with Gasteiger partial charge in [0.15, 0.2) is 0 Å². The van der Waals surface area contributed by atoms with E-state index in [0.29, 0.717) is 0 Å². The first-order chi connectivity index (χ1) is 8.48. The van der Waals surface area contributed by atoms with E-state index < -0.39 is 0 Å². The zero-order chi connectivity index (χ0) is 12.9. The molecule has 18 heavy (non-hydrogen) atoms. The van der Waals surface area contributed by atoms with Crippen LogP contribution in [0, 0.1) is 0 Å². The van der Waals surface area contributed by atoms with E-state index >= 15 is 0 Å². The minimum absolute atomic E-state index is 0.144. The molecule has 0 unspecified atom stereocenters. The van der Waals surface area contributed by atoms with Crippen LogP contribution >= 0.6 is 0 Å². The van der Waals surface area contributed by atoms with Gasteiger partial charge in [0.1, 0.15) is 0 Å². The Kier molecular flexibility index (Phi) is 2.37. The van der Waals surface area contributed by atoms with E-state index in [1.54, 1.807) is 0 Å². The quantitative estimate of drug-likeness (QED) is 0.694. The van der Waals surface area contributed by atoms with Crippen molar-refractivity contribution in [2.75, 3.05) is 0 Å². The molecule has 0 bridgehead atoms. The standard InChI is InChI=1S/C16H19NO/c1-16(2,3)17-10-12-8-4-6-11-7-5-9-13(14(11)12)15(17)18/h5,7,9-10H,4,6,8H2,1-3H3. The summed E-state index contributed by atoms with van der Waals surface area (Å²) in [6.07, 6.45) is 5.45. The fraction of sp³-hybridized carbons (Fsp3) is 0.438. The van der Waals surface area contributed by atoms with Gasteiger partial charge in [-0.2, -0.15) is 0 Å². The van der Waals surface area contributed by atoms with Gasteiger partial charge in [0, 0.05) is 17.1 Å². The van der Waals surface area contributed by atoms with Crippen molar-refractivity contribution in [3.05, 3.63) is 45.9 Å². The van der Waals surface area contributed by atoms with Crippen molar-refractivity contribution in [2.24, 2.45) is 0 Å². The second-order valence-electron chi connectivity index (χ2n) is 6.19. The summed E-state index contributed by atoms with van der Waals surface area (Å²) in [6.45, 7) is 6.25. The average molecular weight is 241 g/mol. The van der Waals surface area contributed by atoms with Crippen LogP contribution in [-0.2, 0) is 18.4 Å². The molecule has 1 heterocycles. The predicted molar refractivity (Wildman–Crippen MR) is 75.2 cm³/mol. The van der Waals surface area contributed by atoms with Crippen LogP contribution in [0.1, 0.15) is 38.3 Å². The van der Waals surface area contributed by atoms with E-state index in [2.05, 4.69) is 33.0 Å². The molecule has 1 aliphatic carbocycles. The summed E-state index contributed by atoms with van der Waals surface area (Å²) in [6, 6.07) is 6.14. The summed E-state index contributed by atoms with van der Waals surface area (Å²) in [5.74, 6) is 0. The third-order valence-electron chi connectivity index (χ3n) is 3.82. The average Bonchev–Trinajstić information content (AvgIpc) is 2.32. The van der Waals surface area contributed by atoms with Gasteiger partial charge in [-0.3, -0.25) is 4.79 Å². The molecule has 0 saturated heterocycles.